The summed E-state index contributed by atoms with van der Waals surface area (Å²) in [6.07, 6.45) is 5.08. The van der Waals surface area contributed by atoms with E-state index in [2.05, 4.69) is 32.4 Å². The SMILES string of the molecule is COCCCNc1nc(C)cn1Cc1cn(C)nc1C. The van der Waals surface area contributed by atoms with Crippen molar-refractivity contribution in [3.8, 4) is 0 Å². The lowest BCUT2D eigenvalue weighted by atomic mass is 10.2. The zero-order chi connectivity index (χ0) is 14.5. The van der Waals surface area contributed by atoms with E-state index in [1.807, 2.05) is 25.6 Å². The molecule has 0 amide bonds. The number of nitrogens with one attached hydrogen (secondary N) is 1. The number of methoxy groups -OCH3 is 1. The average Bonchev–Trinajstić information content (AvgIpc) is 2.89. The molecule has 0 unspecified atom stereocenters. The largest absolute Gasteiger partial charge is 0.385 e. The molecule has 0 aliphatic rings. The van der Waals surface area contributed by atoms with E-state index < -0.39 is 0 Å². The number of aryl methyl sites for hydroxylation is 3. The van der Waals surface area contributed by atoms with Gasteiger partial charge in [0.05, 0.1) is 17.9 Å². The molecule has 20 heavy (non-hydrogen) atoms. The van der Waals surface area contributed by atoms with Crippen molar-refractivity contribution in [2.24, 2.45) is 7.05 Å². The minimum atomic E-state index is 0.758. The summed E-state index contributed by atoms with van der Waals surface area (Å²) in [4.78, 5) is 4.52. The number of anilines is 1. The number of imidazole rings is 1. The summed E-state index contributed by atoms with van der Waals surface area (Å²) in [7, 11) is 3.66. The zero-order valence-electron chi connectivity index (χ0n) is 12.7. The van der Waals surface area contributed by atoms with Crippen molar-refractivity contribution in [1.82, 2.24) is 19.3 Å². The van der Waals surface area contributed by atoms with Crippen LogP contribution in [0.15, 0.2) is 12.4 Å². The minimum Gasteiger partial charge on any atom is -0.385 e. The van der Waals surface area contributed by atoms with Gasteiger partial charge in [-0.05, 0) is 20.3 Å². The Hall–Kier alpha value is -1.82. The van der Waals surface area contributed by atoms with Gasteiger partial charge in [-0.25, -0.2) is 4.98 Å². The van der Waals surface area contributed by atoms with Gasteiger partial charge >= 0.3 is 0 Å². The summed E-state index contributed by atoms with van der Waals surface area (Å²) in [5, 5.41) is 7.74. The first-order valence-electron chi connectivity index (χ1n) is 6.86. The normalized spacial score (nSPS) is 11.0. The van der Waals surface area contributed by atoms with E-state index in [-0.39, 0.29) is 0 Å². The van der Waals surface area contributed by atoms with Crippen LogP contribution < -0.4 is 5.32 Å². The van der Waals surface area contributed by atoms with E-state index in [1.54, 1.807) is 7.11 Å². The maximum Gasteiger partial charge on any atom is 0.203 e. The van der Waals surface area contributed by atoms with Crippen molar-refractivity contribution in [3.05, 3.63) is 29.3 Å². The molecule has 6 heteroatoms. The fraction of sp³-hybridized carbons (Fsp3) is 0.571. The Morgan fingerprint density at radius 3 is 2.75 bits per heavy atom. The molecule has 0 saturated heterocycles. The van der Waals surface area contributed by atoms with Crippen molar-refractivity contribution in [2.75, 3.05) is 25.6 Å². The van der Waals surface area contributed by atoms with Crippen molar-refractivity contribution in [3.63, 3.8) is 0 Å². The maximum absolute atomic E-state index is 5.05. The molecule has 1 N–H and O–H groups in total. The third-order valence-corrected chi connectivity index (χ3v) is 3.16. The highest BCUT2D eigenvalue weighted by atomic mass is 16.5. The molecular formula is C14H23N5O. The van der Waals surface area contributed by atoms with Crippen molar-refractivity contribution < 1.29 is 4.74 Å². The predicted octanol–water partition coefficient (Wildman–Crippen LogP) is 1.73. The van der Waals surface area contributed by atoms with Gasteiger partial charge < -0.3 is 14.6 Å². The number of hydrogen-bond donors (Lipinski definition) is 1. The Balaban J connectivity index is 2.05. The maximum atomic E-state index is 5.05. The van der Waals surface area contributed by atoms with Crippen molar-refractivity contribution >= 4 is 5.95 Å². The topological polar surface area (TPSA) is 56.9 Å². The standard InChI is InChI=1S/C14H23N5O/c1-11-8-19(10-13-9-18(3)17-12(13)2)14(16-11)15-6-5-7-20-4/h8-9H,5-7,10H2,1-4H3,(H,15,16). The Morgan fingerprint density at radius 1 is 1.30 bits per heavy atom. The van der Waals surface area contributed by atoms with Crippen LogP contribution in [-0.4, -0.2) is 39.6 Å². The number of aromatic nitrogens is 4. The molecule has 2 aromatic rings. The van der Waals surface area contributed by atoms with Gasteiger partial charge in [-0.2, -0.15) is 5.10 Å². The predicted molar refractivity (Wildman–Crippen MR) is 79.0 cm³/mol. The highest BCUT2D eigenvalue weighted by molar-refractivity contribution is 5.30. The molecule has 0 saturated carbocycles. The Kier molecular flexibility index (Phi) is 4.79. The number of nitrogens with zero attached hydrogens (tertiary/aromatic N) is 4. The minimum absolute atomic E-state index is 0.758. The van der Waals surface area contributed by atoms with E-state index in [0.717, 1.165) is 43.5 Å². The fourth-order valence-electron chi connectivity index (χ4n) is 2.21. The van der Waals surface area contributed by atoms with E-state index in [9.17, 15) is 0 Å². The van der Waals surface area contributed by atoms with Crippen LogP contribution in [0.3, 0.4) is 0 Å². The first kappa shape index (κ1) is 14.6. The zero-order valence-corrected chi connectivity index (χ0v) is 12.7. The van der Waals surface area contributed by atoms with E-state index in [0.29, 0.717) is 0 Å². The Morgan fingerprint density at radius 2 is 2.10 bits per heavy atom. The van der Waals surface area contributed by atoms with Gasteiger partial charge in [0.25, 0.3) is 0 Å². The molecule has 6 nitrogen and oxygen atoms in total. The second-order valence-electron chi connectivity index (χ2n) is 5.02. The lowest BCUT2D eigenvalue weighted by Crippen LogP contribution is -2.11. The average molecular weight is 277 g/mol. The Bertz CT molecular complexity index is 558. The van der Waals surface area contributed by atoms with Crippen LogP contribution in [0.4, 0.5) is 5.95 Å². The molecule has 0 atom stereocenters. The summed E-state index contributed by atoms with van der Waals surface area (Å²) in [6, 6.07) is 0. The van der Waals surface area contributed by atoms with Gasteiger partial charge in [0.1, 0.15) is 0 Å². The lowest BCUT2D eigenvalue weighted by molar-refractivity contribution is 0.197. The van der Waals surface area contributed by atoms with Gasteiger partial charge in [0.15, 0.2) is 0 Å². The molecule has 2 heterocycles. The molecule has 0 aliphatic carbocycles. The molecule has 0 aliphatic heterocycles. The fourth-order valence-corrected chi connectivity index (χ4v) is 2.21. The summed E-state index contributed by atoms with van der Waals surface area (Å²) < 4.78 is 9.03. The molecule has 0 fully saturated rings. The van der Waals surface area contributed by atoms with Crippen molar-refractivity contribution in [2.45, 2.75) is 26.8 Å². The molecule has 110 valence electrons. The summed E-state index contributed by atoms with van der Waals surface area (Å²) in [5.74, 6) is 0.904. The number of rotatable bonds is 7. The van der Waals surface area contributed by atoms with E-state index in [4.69, 9.17) is 4.74 Å². The van der Waals surface area contributed by atoms with Gasteiger partial charge in [-0.1, -0.05) is 0 Å². The van der Waals surface area contributed by atoms with Crippen LogP contribution in [0, 0.1) is 13.8 Å². The number of hydrogen-bond acceptors (Lipinski definition) is 4. The third kappa shape index (κ3) is 3.60. The molecule has 2 rings (SSSR count). The molecule has 2 aromatic heterocycles. The first-order chi connectivity index (χ1) is 9.60. The first-order valence-corrected chi connectivity index (χ1v) is 6.86. The third-order valence-electron chi connectivity index (χ3n) is 3.16. The van der Waals surface area contributed by atoms with Crippen molar-refractivity contribution in [1.29, 1.82) is 0 Å². The monoisotopic (exact) mass is 277 g/mol. The molecule has 0 aromatic carbocycles. The van der Waals surface area contributed by atoms with Crippen LogP contribution in [0.2, 0.25) is 0 Å². The van der Waals surface area contributed by atoms with E-state index in [1.165, 1.54) is 5.56 Å². The van der Waals surface area contributed by atoms with Crippen LogP contribution in [-0.2, 0) is 18.3 Å². The van der Waals surface area contributed by atoms with Gasteiger partial charge in [-0.3, -0.25) is 4.68 Å². The highest BCUT2D eigenvalue weighted by Gasteiger charge is 2.09. The summed E-state index contributed by atoms with van der Waals surface area (Å²) >= 11 is 0. The molecule has 0 radical (unpaired) electrons. The van der Waals surface area contributed by atoms with Gasteiger partial charge in [0.2, 0.25) is 5.95 Å². The molecule has 0 bridgehead atoms. The number of ether oxygens (including phenoxy) is 1. The molecular weight excluding hydrogens is 254 g/mol. The Labute approximate surface area is 119 Å². The second kappa shape index (κ2) is 6.56. The summed E-state index contributed by atoms with van der Waals surface area (Å²) in [6.45, 7) is 6.44. The lowest BCUT2D eigenvalue weighted by Gasteiger charge is -2.09. The quantitative estimate of drug-likeness (QED) is 0.783. The van der Waals surface area contributed by atoms with Crippen LogP contribution >= 0.6 is 0 Å². The highest BCUT2D eigenvalue weighted by Crippen LogP contribution is 2.14. The van der Waals surface area contributed by atoms with Crippen LogP contribution in [0.25, 0.3) is 0 Å². The van der Waals surface area contributed by atoms with Crippen LogP contribution in [0.5, 0.6) is 0 Å². The van der Waals surface area contributed by atoms with Gasteiger partial charge in [0, 0.05) is 45.3 Å². The smallest absolute Gasteiger partial charge is 0.203 e. The summed E-state index contributed by atoms with van der Waals surface area (Å²) in [5.41, 5.74) is 3.29. The van der Waals surface area contributed by atoms with Crippen LogP contribution in [0.1, 0.15) is 23.4 Å². The molecule has 0 spiro atoms. The van der Waals surface area contributed by atoms with E-state index >= 15 is 0 Å². The second-order valence-corrected chi connectivity index (χ2v) is 5.02. The van der Waals surface area contributed by atoms with Gasteiger partial charge in [-0.15, -0.1) is 0 Å².